The van der Waals surface area contributed by atoms with Crippen molar-refractivity contribution in [2.24, 2.45) is 0 Å². The van der Waals surface area contributed by atoms with Gasteiger partial charge in [-0.15, -0.1) is 12.8 Å². The van der Waals surface area contributed by atoms with E-state index in [2.05, 4.69) is 103 Å². The van der Waals surface area contributed by atoms with Crippen molar-refractivity contribution < 1.29 is 59.9 Å². The average Bonchev–Trinajstić information content (AvgIpc) is 3.30. The summed E-state index contributed by atoms with van der Waals surface area (Å²) in [7, 11) is -7.92. The Kier molecular flexibility index (Phi) is 16.4. The first kappa shape index (κ1) is 39.6. The van der Waals surface area contributed by atoms with Crippen LogP contribution in [-0.2, 0) is 35.1 Å². The molecule has 10 heteroatoms. The number of hydrogen-bond acceptors (Lipinski definition) is 2. The average molecular weight is 697 g/mol. The molecule has 0 fully saturated rings. The SMILES string of the molecule is C[Si](C)(C)OCC[Si](C)(C)C1=[C-]CC=C1[Si](C)(C)C1=CC[C-]=C1[Si](C)(C)CCO[Si](C)(C)C.[Cl-].[Cl-].[Zr+4]. The molecule has 0 aromatic heterocycles. The number of halogens is 2. The van der Waals surface area contributed by atoms with Gasteiger partial charge in [0.25, 0.3) is 0 Å². The van der Waals surface area contributed by atoms with Crippen LogP contribution in [-0.4, -0.2) is 54.1 Å². The Labute approximate surface area is 260 Å². The maximum absolute atomic E-state index is 6.26. The Morgan fingerprint density at radius 3 is 1.19 bits per heavy atom. The zero-order valence-corrected chi connectivity index (χ0v) is 33.9. The van der Waals surface area contributed by atoms with E-state index in [-0.39, 0.29) is 51.0 Å². The van der Waals surface area contributed by atoms with Crippen molar-refractivity contribution in [3.8, 4) is 0 Å². The van der Waals surface area contributed by atoms with Gasteiger partial charge in [0.05, 0.1) is 0 Å². The van der Waals surface area contributed by atoms with Crippen LogP contribution in [0.25, 0.3) is 0 Å². The molecule has 0 spiro atoms. The topological polar surface area (TPSA) is 18.5 Å². The van der Waals surface area contributed by atoms with E-state index in [0.29, 0.717) is 0 Å². The molecule has 2 rings (SSSR count). The molecule has 204 valence electrons. The second-order valence-electron chi connectivity index (χ2n) is 13.6. The monoisotopic (exact) mass is 694 g/mol. The minimum absolute atomic E-state index is 0. The van der Waals surface area contributed by atoms with Gasteiger partial charge in [0.2, 0.25) is 0 Å². The number of allylic oxidation sites excluding steroid dienone is 8. The molecule has 0 atom stereocenters. The van der Waals surface area contributed by atoms with Gasteiger partial charge in [-0.05, 0) is 51.4 Å². The first-order chi connectivity index (χ1) is 14.9. The van der Waals surface area contributed by atoms with E-state index in [0.717, 1.165) is 26.1 Å². The molecule has 0 radical (unpaired) electrons. The molecule has 0 N–H and O–H groups in total. The van der Waals surface area contributed by atoms with Gasteiger partial charge in [-0.3, -0.25) is 12.2 Å². The van der Waals surface area contributed by atoms with Crippen LogP contribution in [0, 0.1) is 12.2 Å². The van der Waals surface area contributed by atoms with E-state index >= 15 is 0 Å². The Balaban J connectivity index is 0. The van der Waals surface area contributed by atoms with E-state index < -0.39 is 40.9 Å². The second kappa shape index (κ2) is 14.9. The zero-order valence-electron chi connectivity index (χ0n) is 25.0. The van der Waals surface area contributed by atoms with E-state index in [4.69, 9.17) is 8.85 Å². The summed E-state index contributed by atoms with van der Waals surface area (Å²) >= 11 is 0. The molecule has 0 saturated carbocycles. The summed E-state index contributed by atoms with van der Waals surface area (Å²) in [6, 6.07) is 2.40. The fourth-order valence-electron chi connectivity index (χ4n) is 4.87. The second-order valence-corrected chi connectivity index (χ2v) is 36.5. The van der Waals surface area contributed by atoms with Crippen molar-refractivity contribution in [2.45, 2.75) is 103 Å². The van der Waals surface area contributed by atoms with Gasteiger partial charge in [0.15, 0.2) is 16.6 Å². The third-order valence-electron chi connectivity index (χ3n) is 6.93. The first-order valence-electron chi connectivity index (χ1n) is 12.8. The molecule has 0 unspecified atom stereocenters. The fourth-order valence-corrected chi connectivity index (χ4v) is 18.1. The molecule has 2 aliphatic rings. The predicted octanol–water partition coefficient (Wildman–Crippen LogP) is 2.10. The minimum Gasteiger partial charge on any atom is -1.00 e. The molecular weight excluding hydrogens is 647 g/mol. The van der Waals surface area contributed by atoms with Gasteiger partial charge in [-0.1, -0.05) is 47.4 Å². The summed E-state index contributed by atoms with van der Waals surface area (Å²) in [5.41, 5.74) is 0. The van der Waals surface area contributed by atoms with Crippen molar-refractivity contribution in [3.63, 3.8) is 0 Å². The van der Waals surface area contributed by atoms with Crippen LogP contribution in [0.4, 0.5) is 0 Å². The van der Waals surface area contributed by atoms with Crippen molar-refractivity contribution >= 4 is 40.9 Å². The Bertz CT molecular complexity index is 783. The smallest absolute Gasteiger partial charge is 1.00 e. The summed E-state index contributed by atoms with van der Waals surface area (Å²) in [6.45, 7) is 30.9. The molecule has 0 amide bonds. The van der Waals surface area contributed by atoms with Gasteiger partial charge in [0.1, 0.15) is 0 Å². The van der Waals surface area contributed by atoms with Crippen LogP contribution in [0.15, 0.2) is 32.9 Å². The summed E-state index contributed by atoms with van der Waals surface area (Å²) in [4.78, 5) is 0. The maximum atomic E-state index is 6.26. The molecule has 0 aliphatic heterocycles. The standard InChI is InChI=1S/C26H50O2Si5.2ClH.Zr/c1-29(2,3)27-19-21-31(7,8)23-15-13-17-25(23)33(11,12)26-18-14-16-24(26)32(9,10)22-20-28-30(4,5)6;;;/h17-18H,13-14,19-22H2,1-12H3;2*1H;/q-2;;;+4/p-2. The largest absolute Gasteiger partial charge is 4.00 e. The van der Waals surface area contributed by atoms with E-state index in [1.807, 2.05) is 0 Å². The fraction of sp³-hybridized carbons (Fsp3) is 0.692. The molecular formula is C26H50Cl2O2Si5Zr. The number of rotatable bonds is 12. The van der Waals surface area contributed by atoms with Gasteiger partial charge < -0.3 is 33.7 Å². The van der Waals surface area contributed by atoms with E-state index in [1.54, 1.807) is 20.8 Å². The zero-order chi connectivity index (χ0) is 25.3. The van der Waals surface area contributed by atoms with Gasteiger partial charge >= 0.3 is 26.2 Å². The van der Waals surface area contributed by atoms with Crippen LogP contribution >= 0.6 is 0 Å². The molecule has 0 aromatic carbocycles. The van der Waals surface area contributed by atoms with Crippen LogP contribution < -0.4 is 24.8 Å². The third-order valence-corrected chi connectivity index (χ3v) is 19.7. The van der Waals surface area contributed by atoms with Gasteiger partial charge in [-0.25, -0.2) is 20.8 Å². The number of hydrogen-bond donors (Lipinski definition) is 0. The molecule has 0 heterocycles. The maximum Gasteiger partial charge on any atom is 4.00 e. The summed E-state index contributed by atoms with van der Waals surface area (Å²) in [5, 5.41) is 6.55. The minimum atomic E-state index is -1.81. The Morgan fingerprint density at radius 2 is 0.917 bits per heavy atom. The first-order valence-corrected chi connectivity index (χ1v) is 29.0. The van der Waals surface area contributed by atoms with Crippen LogP contribution in [0.3, 0.4) is 0 Å². The molecule has 2 nitrogen and oxygen atoms in total. The summed E-state index contributed by atoms with van der Waals surface area (Å²) < 4.78 is 12.5. The van der Waals surface area contributed by atoms with Crippen LogP contribution in [0.5, 0.6) is 0 Å². The molecule has 0 aromatic rings. The molecule has 0 saturated heterocycles. The third kappa shape index (κ3) is 11.1. The van der Waals surface area contributed by atoms with Crippen molar-refractivity contribution in [3.05, 3.63) is 45.1 Å². The summed E-state index contributed by atoms with van der Waals surface area (Å²) in [6.07, 6.45) is 14.7. The summed E-state index contributed by atoms with van der Waals surface area (Å²) in [5.74, 6) is 0. The van der Waals surface area contributed by atoms with Crippen LogP contribution in [0.2, 0.25) is 90.7 Å². The normalized spacial score (nSPS) is 16.8. The van der Waals surface area contributed by atoms with E-state index in [1.165, 1.54) is 12.1 Å². The Hall–Kier alpha value is 1.43. The van der Waals surface area contributed by atoms with Crippen molar-refractivity contribution in [1.82, 2.24) is 0 Å². The predicted molar refractivity (Wildman–Crippen MR) is 160 cm³/mol. The van der Waals surface area contributed by atoms with E-state index in [9.17, 15) is 0 Å². The molecule has 2 aliphatic carbocycles. The van der Waals surface area contributed by atoms with Crippen LogP contribution in [0.1, 0.15) is 12.8 Å². The van der Waals surface area contributed by atoms with Crippen molar-refractivity contribution in [1.29, 1.82) is 0 Å². The molecule has 36 heavy (non-hydrogen) atoms. The Morgan fingerprint density at radius 1 is 0.611 bits per heavy atom. The molecule has 0 bridgehead atoms. The van der Waals surface area contributed by atoms with Gasteiger partial charge in [-0.2, -0.15) is 12.2 Å². The quantitative estimate of drug-likeness (QED) is 0.230. The van der Waals surface area contributed by atoms with Gasteiger partial charge in [0, 0.05) is 29.4 Å². The van der Waals surface area contributed by atoms with Crippen molar-refractivity contribution in [2.75, 3.05) is 13.2 Å².